The fourth-order valence-electron chi connectivity index (χ4n) is 2.75. The Morgan fingerprint density at radius 1 is 1.16 bits per heavy atom. The summed E-state index contributed by atoms with van der Waals surface area (Å²) in [4.78, 5) is 4.28. The third-order valence-electron chi connectivity index (χ3n) is 4.37. The normalized spacial score (nSPS) is 13.8. The van der Waals surface area contributed by atoms with Crippen molar-refractivity contribution in [3.05, 3.63) is 53.5 Å². The number of hydrogen-bond acceptors (Lipinski definition) is 5. The van der Waals surface area contributed by atoms with E-state index in [0.717, 1.165) is 22.5 Å². The van der Waals surface area contributed by atoms with Crippen LogP contribution < -0.4 is 16.8 Å². The molecule has 6 nitrogen and oxygen atoms in total. The number of pyridine rings is 1. The highest BCUT2D eigenvalue weighted by atomic mass is 19.1. The van der Waals surface area contributed by atoms with Gasteiger partial charge in [0.15, 0.2) is 0 Å². The summed E-state index contributed by atoms with van der Waals surface area (Å²) in [5, 5.41) is 10.6. The average Bonchev–Trinajstić information content (AvgIpc) is 3.35. The number of halogens is 1. The molecule has 25 heavy (non-hydrogen) atoms. The monoisotopic (exact) mass is 338 g/mol. The first-order valence-electron chi connectivity index (χ1n) is 8.20. The van der Waals surface area contributed by atoms with Gasteiger partial charge in [-0.1, -0.05) is 12.1 Å². The Bertz CT molecular complexity index is 898. The molecule has 1 aliphatic rings. The van der Waals surface area contributed by atoms with Crippen LogP contribution in [0.2, 0.25) is 0 Å². The van der Waals surface area contributed by atoms with Gasteiger partial charge in [-0.2, -0.15) is 5.10 Å². The molecule has 0 saturated heterocycles. The summed E-state index contributed by atoms with van der Waals surface area (Å²) in [6.45, 7) is 0.504. The molecule has 0 aliphatic heterocycles. The van der Waals surface area contributed by atoms with Crippen LogP contribution in [0.25, 0.3) is 11.3 Å². The summed E-state index contributed by atoms with van der Waals surface area (Å²) in [6, 6.07) is 10.2. The van der Waals surface area contributed by atoms with Crippen LogP contribution in [-0.4, -0.2) is 15.2 Å². The third-order valence-corrected chi connectivity index (χ3v) is 4.37. The van der Waals surface area contributed by atoms with Gasteiger partial charge < -0.3 is 16.8 Å². The molecule has 3 aromatic rings. The van der Waals surface area contributed by atoms with Gasteiger partial charge in [-0.05, 0) is 42.7 Å². The molecule has 1 aromatic carbocycles. The highest BCUT2D eigenvalue weighted by Crippen LogP contribution is 2.41. The molecule has 2 aromatic heterocycles. The lowest BCUT2D eigenvalue weighted by molar-refractivity contribution is 0.627. The second-order valence-electron chi connectivity index (χ2n) is 6.32. The van der Waals surface area contributed by atoms with Gasteiger partial charge >= 0.3 is 0 Å². The number of aromatic nitrogens is 3. The highest BCUT2D eigenvalue weighted by Gasteiger charge is 2.26. The Morgan fingerprint density at radius 2 is 1.92 bits per heavy atom. The van der Waals surface area contributed by atoms with Crippen molar-refractivity contribution in [2.45, 2.75) is 25.3 Å². The number of nitrogens with zero attached hydrogens (tertiary/aromatic N) is 2. The summed E-state index contributed by atoms with van der Waals surface area (Å²) in [6.07, 6.45) is 2.39. The summed E-state index contributed by atoms with van der Waals surface area (Å²) in [5.74, 6) is 1.18. The maximum Gasteiger partial charge on any atom is 0.149 e. The summed E-state index contributed by atoms with van der Waals surface area (Å²) < 4.78 is 13.0. The van der Waals surface area contributed by atoms with Crippen molar-refractivity contribution in [2.75, 3.05) is 16.8 Å². The van der Waals surface area contributed by atoms with Crippen molar-refractivity contribution in [1.82, 2.24) is 15.2 Å². The zero-order valence-electron chi connectivity index (χ0n) is 13.6. The fourth-order valence-corrected chi connectivity index (χ4v) is 2.75. The molecule has 7 heteroatoms. The van der Waals surface area contributed by atoms with E-state index in [-0.39, 0.29) is 11.6 Å². The maximum atomic E-state index is 13.0. The SMILES string of the molecule is Nc1nc(NCc2ccc(F)cc2)cc(-c2cc(C3CC3)[nH]n2)c1N. The fraction of sp³-hybridized carbons (Fsp3) is 0.222. The van der Waals surface area contributed by atoms with Gasteiger partial charge in [-0.15, -0.1) is 0 Å². The van der Waals surface area contributed by atoms with Crippen LogP contribution in [-0.2, 0) is 6.54 Å². The average molecular weight is 338 g/mol. The molecule has 6 N–H and O–H groups in total. The van der Waals surface area contributed by atoms with Gasteiger partial charge in [0.1, 0.15) is 17.5 Å². The van der Waals surface area contributed by atoms with Crippen molar-refractivity contribution in [3.63, 3.8) is 0 Å². The van der Waals surface area contributed by atoms with Crippen LogP contribution >= 0.6 is 0 Å². The number of aromatic amines is 1. The predicted molar refractivity (Wildman–Crippen MR) is 96.3 cm³/mol. The Labute approximate surface area is 144 Å². The van der Waals surface area contributed by atoms with Crippen LogP contribution in [0.5, 0.6) is 0 Å². The zero-order valence-corrected chi connectivity index (χ0v) is 13.6. The zero-order chi connectivity index (χ0) is 17.4. The number of rotatable bonds is 5. The first-order valence-corrected chi connectivity index (χ1v) is 8.20. The molecular formula is C18H19FN6. The Kier molecular flexibility index (Phi) is 3.76. The number of H-pyrrole nitrogens is 1. The molecule has 128 valence electrons. The van der Waals surface area contributed by atoms with Crippen molar-refractivity contribution in [3.8, 4) is 11.3 Å². The standard InChI is InChI=1S/C18H19FN6/c19-12-5-1-10(2-6-12)9-22-16-7-13(17(20)18(21)23-16)15-8-14(24-25-15)11-3-4-11/h1-2,5-8,11H,3-4,9,20H2,(H,24,25)(H3,21,22,23). The second-order valence-corrected chi connectivity index (χ2v) is 6.32. The number of benzene rings is 1. The van der Waals surface area contributed by atoms with Crippen LogP contribution in [0.15, 0.2) is 36.4 Å². The van der Waals surface area contributed by atoms with Gasteiger partial charge in [0, 0.05) is 23.7 Å². The van der Waals surface area contributed by atoms with E-state index in [0.29, 0.717) is 24.0 Å². The number of anilines is 3. The quantitative estimate of drug-likeness (QED) is 0.571. The van der Waals surface area contributed by atoms with Crippen molar-refractivity contribution in [2.24, 2.45) is 0 Å². The van der Waals surface area contributed by atoms with Crippen LogP contribution in [0.4, 0.5) is 21.7 Å². The van der Waals surface area contributed by atoms with Gasteiger partial charge in [-0.25, -0.2) is 9.37 Å². The number of nitrogens with one attached hydrogen (secondary N) is 2. The van der Waals surface area contributed by atoms with Crippen LogP contribution in [0.3, 0.4) is 0 Å². The van der Waals surface area contributed by atoms with E-state index in [9.17, 15) is 4.39 Å². The van der Waals surface area contributed by atoms with Crippen molar-refractivity contribution < 1.29 is 4.39 Å². The summed E-state index contributed by atoms with van der Waals surface area (Å²) in [5.41, 5.74) is 16.1. The molecule has 0 atom stereocenters. The lowest BCUT2D eigenvalue weighted by Gasteiger charge is -2.11. The molecule has 4 rings (SSSR count). The van der Waals surface area contributed by atoms with E-state index in [1.807, 2.05) is 12.1 Å². The van der Waals surface area contributed by atoms with Gasteiger partial charge in [0.05, 0.1) is 11.4 Å². The molecular weight excluding hydrogens is 319 g/mol. The Hall–Kier alpha value is -3.09. The number of nitrogen functional groups attached to an aromatic ring is 2. The third kappa shape index (κ3) is 3.26. The molecule has 0 bridgehead atoms. The van der Waals surface area contributed by atoms with Crippen LogP contribution in [0.1, 0.15) is 30.0 Å². The minimum absolute atomic E-state index is 0.258. The lowest BCUT2D eigenvalue weighted by atomic mass is 10.1. The number of hydrogen-bond donors (Lipinski definition) is 4. The predicted octanol–water partition coefficient (Wildman–Crippen LogP) is 3.26. The molecule has 2 heterocycles. The topological polar surface area (TPSA) is 106 Å². The van der Waals surface area contributed by atoms with E-state index in [1.165, 1.54) is 25.0 Å². The number of nitrogens with two attached hydrogens (primary N) is 2. The van der Waals surface area contributed by atoms with Gasteiger partial charge in [0.2, 0.25) is 0 Å². The molecule has 0 radical (unpaired) electrons. The van der Waals surface area contributed by atoms with E-state index in [1.54, 1.807) is 12.1 Å². The van der Waals surface area contributed by atoms with Gasteiger partial charge in [0.25, 0.3) is 0 Å². The van der Waals surface area contributed by atoms with E-state index in [2.05, 4.69) is 20.5 Å². The minimum Gasteiger partial charge on any atom is -0.395 e. The summed E-state index contributed by atoms with van der Waals surface area (Å²) in [7, 11) is 0. The molecule has 1 aliphatic carbocycles. The second kappa shape index (κ2) is 6.08. The molecule has 1 saturated carbocycles. The largest absolute Gasteiger partial charge is 0.395 e. The van der Waals surface area contributed by atoms with E-state index >= 15 is 0 Å². The summed E-state index contributed by atoms with van der Waals surface area (Å²) >= 11 is 0. The molecule has 0 amide bonds. The Balaban J connectivity index is 1.58. The lowest BCUT2D eigenvalue weighted by Crippen LogP contribution is -2.06. The van der Waals surface area contributed by atoms with Crippen molar-refractivity contribution >= 4 is 17.3 Å². The van der Waals surface area contributed by atoms with Gasteiger partial charge in [-0.3, -0.25) is 5.10 Å². The molecule has 0 spiro atoms. The minimum atomic E-state index is -0.258. The molecule has 0 unspecified atom stereocenters. The van der Waals surface area contributed by atoms with E-state index < -0.39 is 0 Å². The smallest absolute Gasteiger partial charge is 0.149 e. The first-order chi connectivity index (χ1) is 12.1. The molecule has 1 fully saturated rings. The highest BCUT2D eigenvalue weighted by molar-refractivity contribution is 5.83. The maximum absolute atomic E-state index is 13.0. The van der Waals surface area contributed by atoms with Crippen molar-refractivity contribution in [1.29, 1.82) is 0 Å². The first kappa shape index (κ1) is 15.4. The van der Waals surface area contributed by atoms with E-state index in [4.69, 9.17) is 11.5 Å². The Morgan fingerprint density at radius 3 is 2.64 bits per heavy atom. The van der Waals surface area contributed by atoms with Crippen LogP contribution in [0, 0.1) is 5.82 Å².